The van der Waals surface area contributed by atoms with Gasteiger partial charge in [0.25, 0.3) is 0 Å². The van der Waals surface area contributed by atoms with E-state index in [4.69, 9.17) is 14.2 Å². The summed E-state index contributed by atoms with van der Waals surface area (Å²) in [5.74, 6) is -0.925. The van der Waals surface area contributed by atoms with E-state index in [0.29, 0.717) is 19.3 Å². The fraction of sp³-hybridized carbons (Fsp3) is 0.701. The van der Waals surface area contributed by atoms with Crippen molar-refractivity contribution < 1.29 is 28.6 Å². The van der Waals surface area contributed by atoms with Crippen LogP contribution in [-0.2, 0) is 28.6 Å². The number of rotatable bonds is 63. The third kappa shape index (κ3) is 68.5. The maximum atomic E-state index is 12.9. The number of carbonyl (C=O) groups excluding carboxylic acids is 3. The van der Waals surface area contributed by atoms with E-state index >= 15 is 0 Å². The summed E-state index contributed by atoms with van der Waals surface area (Å²) < 4.78 is 16.9. The van der Waals surface area contributed by atoms with Crippen molar-refractivity contribution in [2.24, 2.45) is 0 Å². The van der Waals surface area contributed by atoms with Crippen molar-refractivity contribution in [2.75, 3.05) is 13.2 Å². The van der Waals surface area contributed by atoms with Crippen LogP contribution in [0.5, 0.6) is 0 Å². The molecular formula is C77H130O6. The summed E-state index contributed by atoms with van der Waals surface area (Å²) in [6.07, 6.45) is 98.0. The second-order valence-electron chi connectivity index (χ2n) is 23.1. The van der Waals surface area contributed by atoms with Crippen molar-refractivity contribution in [3.05, 3.63) is 122 Å². The van der Waals surface area contributed by atoms with Crippen LogP contribution in [-0.4, -0.2) is 37.2 Å². The lowest BCUT2D eigenvalue weighted by molar-refractivity contribution is -0.167. The molecule has 0 bridgehead atoms. The average molecular weight is 1150 g/mol. The highest BCUT2D eigenvalue weighted by Gasteiger charge is 2.19. The molecule has 0 N–H and O–H groups in total. The minimum atomic E-state index is -0.802. The molecule has 0 aromatic carbocycles. The predicted molar refractivity (Wildman–Crippen MR) is 362 cm³/mol. The monoisotopic (exact) mass is 1150 g/mol. The molecule has 83 heavy (non-hydrogen) atoms. The predicted octanol–water partition coefficient (Wildman–Crippen LogP) is 24.3. The molecule has 6 heteroatoms. The van der Waals surface area contributed by atoms with Gasteiger partial charge in [0.2, 0.25) is 0 Å². The van der Waals surface area contributed by atoms with Crippen molar-refractivity contribution in [1.29, 1.82) is 0 Å². The van der Waals surface area contributed by atoms with Gasteiger partial charge in [-0.3, -0.25) is 14.4 Å². The van der Waals surface area contributed by atoms with E-state index in [-0.39, 0.29) is 31.1 Å². The van der Waals surface area contributed by atoms with Crippen LogP contribution in [0.2, 0.25) is 0 Å². The van der Waals surface area contributed by atoms with Crippen molar-refractivity contribution in [3.63, 3.8) is 0 Å². The van der Waals surface area contributed by atoms with E-state index < -0.39 is 6.10 Å². The lowest BCUT2D eigenvalue weighted by Gasteiger charge is -2.18. The van der Waals surface area contributed by atoms with Gasteiger partial charge in [-0.05, 0) is 128 Å². The Morgan fingerprint density at radius 1 is 0.253 bits per heavy atom. The van der Waals surface area contributed by atoms with E-state index in [1.165, 1.54) is 141 Å². The second-order valence-corrected chi connectivity index (χ2v) is 23.1. The number of allylic oxidation sites excluding steroid dienone is 20. The Labute approximate surface area is 513 Å². The van der Waals surface area contributed by atoms with Crippen molar-refractivity contribution in [3.8, 4) is 0 Å². The number of hydrogen-bond donors (Lipinski definition) is 0. The molecule has 0 spiro atoms. The number of esters is 3. The van der Waals surface area contributed by atoms with Crippen LogP contribution < -0.4 is 0 Å². The fourth-order valence-electron chi connectivity index (χ4n) is 9.69. The molecular weight excluding hydrogens is 1020 g/mol. The normalized spacial score (nSPS) is 12.9. The van der Waals surface area contributed by atoms with Gasteiger partial charge in [-0.1, -0.05) is 303 Å². The average Bonchev–Trinajstić information content (AvgIpc) is 3.49. The number of ether oxygens (including phenoxy) is 3. The summed E-state index contributed by atoms with van der Waals surface area (Å²) in [4.78, 5) is 38.4. The molecule has 0 aromatic heterocycles. The highest BCUT2D eigenvalue weighted by molar-refractivity contribution is 5.71. The van der Waals surface area contributed by atoms with Crippen molar-refractivity contribution >= 4 is 17.9 Å². The van der Waals surface area contributed by atoms with Gasteiger partial charge in [0.05, 0.1) is 0 Å². The molecule has 0 aromatic rings. The SMILES string of the molecule is CC/C=C\C/C=C\C/C=C\C/C=C\C/C=C\C/C=C\CCCCCCC(=O)OC(COC(=O)CCCCCCC/C=C\C/C=C\CCC)COC(=O)CCCCCCCCCCCCCCCCCCC/C=C\C/C=C\CCCCCCC. The van der Waals surface area contributed by atoms with E-state index in [1.54, 1.807) is 0 Å². The first-order chi connectivity index (χ1) is 41.0. The molecule has 1 unspecified atom stereocenters. The molecule has 0 heterocycles. The number of hydrogen-bond acceptors (Lipinski definition) is 6. The maximum absolute atomic E-state index is 12.9. The summed E-state index contributed by atoms with van der Waals surface area (Å²) in [7, 11) is 0. The highest BCUT2D eigenvalue weighted by atomic mass is 16.6. The quantitative estimate of drug-likeness (QED) is 0.0261. The largest absolute Gasteiger partial charge is 0.462 e. The number of carbonyl (C=O) groups is 3. The van der Waals surface area contributed by atoms with Gasteiger partial charge in [-0.2, -0.15) is 0 Å². The Hall–Kier alpha value is -4.19. The lowest BCUT2D eigenvalue weighted by atomic mass is 10.0. The minimum absolute atomic E-state index is 0.0937. The molecule has 0 aliphatic heterocycles. The van der Waals surface area contributed by atoms with E-state index in [2.05, 4.69) is 142 Å². The van der Waals surface area contributed by atoms with Crippen LogP contribution in [0.15, 0.2) is 122 Å². The molecule has 0 saturated carbocycles. The minimum Gasteiger partial charge on any atom is -0.462 e. The summed E-state index contributed by atoms with van der Waals surface area (Å²) >= 11 is 0. The van der Waals surface area contributed by atoms with Crippen LogP contribution in [0.4, 0.5) is 0 Å². The van der Waals surface area contributed by atoms with Gasteiger partial charge in [0.15, 0.2) is 6.10 Å². The third-order valence-electron chi connectivity index (χ3n) is 14.9. The summed E-state index contributed by atoms with van der Waals surface area (Å²) in [6, 6.07) is 0. The van der Waals surface area contributed by atoms with Gasteiger partial charge in [0, 0.05) is 19.3 Å². The molecule has 0 saturated heterocycles. The van der Waals surface area contributed by atoms with E-state index in [1.807, 2.05) is 0 Å². The van der Waals surface area contributed by atoms with Gasteiger partial charge >= 0.3 is 17.9 Å². The highest BCUT2D eigenvalue weighted by Crippen LogP contribution is 2.17. The molecule has 0 amide bonds. The Morgan fingerprint density at radius 2 is 0.494 bits per heavy atom. The van der Waals surface area contributed by atoms with Crippen LogP contribution in [0.1, 0.15) is 329 Å². The molecule has 0 aliphatic carbocycles. The first-order valence-electron chi connectivity index (χ1n) is 35.0. The van der Waals surface area contributed by atoms with Crippen LogP contribution in [0, 0.1) is 0 Å². The van der Waals surface area contributed by atoms with Gasteiger partial charge in [-0.15, -0.1) is 0 Å². The van der Waals surface area contributed by atoms with E-state index in [0.717, 1.165) is 148 Å². The van der Waals surface area contributed by atoms with Gasteiger partial charge < -0.3 is 14.2 Å². The van der Waals surface area contributed by atoms with Gasteiger partial charge in [0.1, 0.15) is 13.2 Å². The first-order valence-corrected chi connectivity index (χ1v) is 35.0. The lowest BCUT2D eigenvalue weighted by Crippen LogP contribution is -2.30. The first kappa shape index (κ1) is 78.8. The third-order valence-corrected chi connectivity index (χ3v) is 14.9. The summed E-state index contributed by atoms with van der Waals surface area (Å²) in [5, 5.41) is 0. The standard InChI is InChI=1S/C77H130O6/c1-4-7-10-13-16-19-22-25-27-29-31-33-35-36-37-38-39-40-42-43-45-47-49-52-55-58-61-64-67-70-76(79)82-73-74(72-81-75(78)69-66-63-60-57-54-51-24-21-18-15-12-9-6-3)83-77(80)71-68-65-62-59-56-53-50-48-46-44-41-34-32-30-28-26-23-20-17-14-11-8-5-2/h8,11-12,15,17,20-22,24-26,28-29,31-32,34,44,46,50,53,74H,4-7,9-10,13-14,16,18-19,23,27,30,33,35-43,45,47-49,51-52,54-73H2,1-3H3/b11-8-,15-12-,20-17-,24-21-,25-22-,28-26-,31-29-,34-32-,46-44-,53-50-. The molecule has 0 rings (SSSR count). The van der Waals surface area contributed by atoms with Gasteiger partial charge in [-0.25, -0.2) is 0 Å². The zero-order chi connectivity index (χ0) is 59.9. The molecule has 0 aliphatic rings. The van der Waals surface area contributed by atoms with Crippen LogP contribution in [0.3, 0.4) is 0 Å². The fourth-order valence-corrected chi connectivity index (χ4v) is 9.69. The van der Waals surface area contributed by atoms with Crippen LogP contribution in [0.25, 0.3) is 0 Å². The molecule has 474 valence electrons. The zero-order valence-corrected chi connectivity index (χ0v) is 54.4. The topological polar surface area (TPSA) is 78.9 Å². The molecule has 0 radical (unpaired) electrons. The Kier molecular flexibility index (Phi) is 66.7. The smallest absolute Gasteiger partial charge is 0.306 e. The van der Waals surface area contributed by atoms with Crippen LogP contribution >= 0.6 is 0 Å². The Morgan fingerprint density at radius 3 is 0.783 bits per heavy atom. The van der Waals surface area contributed by atoms with E-state index in [9.17, 15) is 14.4 Å². The second kappa shape index (κ2) is 70.3. The van der Waals surface area contributed by atoms with Crippen molar-refractivity contribution in [1.82, 2.24) is 0 Å². The number of unbranched alkanes of at least 4 members (excludes halogenated alkanes) is 32. The summed E-state index contributed by atoms with van der Waals surface area (Å²) in [5.41, 5.74) is 0. The summed E-state index contributed by atoms with van der Waals surface area (Å²) in [6.45, 7) is 6.44. The Balaban J connectivity index is 4.31. The molecule has 1 atom stereocenters. The Bertz CT molecular complexity index is 1700. The molecule has 6 nitrogen and oxygen atoms in total. The maximum Gasteiger partial charge on any atom is 0.306 e. The zero-order valence-electron chi connectivity index (χ0n) is 54.4. The molecule has 0 fully saturated rings. The van der Waals surface area contributed by atoms with Crippen molar-refractivity contribution in [2.45, 2.75) is 335 Å².